The van der Waals surface area contributed by atoms with Crippen molar-refractivity contribution in [1.82, 2.24) is 4.57 Å². The number of hydrogen-bond donors (Lipinski definition) is 0. The summed E-state index contributed by atoms with van der Waals surface area (Å²) in [5.74, 6) is 0. The van der Waals surface area contributed by atoms with Crippen LogP contribution in [0.5, 0.6) is 0 Å². The zero-order chi connectivity index (χ0) is 26.0. The van der Waals surface area contributed by atoms with Gasteiger partial charge in [0.25, 0.3) is 0 Å². The van der Waals surface area contributed by atoms with E-state index in [2.05, 4.69) is 144 Å². The lowest BCUT2D eigenvalue weighted by molar-refractivity contribution is 0.377. The molecule has 1 atom stereocenters. The van der Waals surface area contributed by atoms with Gasteiger partial charge in [-0.3, -0.25) is 0 Å². The molecule has 4 aromatic carbocycles. The smallest absolute Gasteiger partial charge is 0.145 e. The third-order valence-corrected chi connectivity index (χ3v) is 9.45. The fraction of sp³-hybridized carbons (Fsp3) is 0.111. The van der Waals surface area contributed by atoms with Crippen molar-refractivity contribution in [2.45, 2.75) is 35.2 Å². The van der Waals surface area contributed by atoms with E-state index < -0.39 is 5.66 Å². The lowest BCUT2D eigenvalue weighted by Crippen LogP contribution is -2.49. The predicted molar refractivity (Wildman–Crippen MR) is 163 cm³/mol. The zero-order valence-electron chi connectivity index (χ0n) is 21.8. The summed E-state index contributed by atoms with van der Waals surface area (Å²) in [6, 6.07) is 39.8. The molecule has 0 spiro atoms. The number of fused-ring (bicyclic) bond motifs is 3. The first-order chi connectivity index (χ1) is 19.2. The van der Waals surface area contributed by atoms with Crippen LogP contribution < -0.4 is 4.90 Å². The number of aromatic nitrogens is 1. The topological polar surface area (TPSA) is 8.17 Å². The Kier molecular flexibility index (Phi) is 5.05. The van der Waals surface area contributed by atoms with Crippen molar-refractivity contribution >= 4 is 39.6 Å². The maximum absolute atomic E-state index is 2.63. The van der Waals surface area contributed by atoms with E-state index in [4.69, 9.17) is 0 Å². The Balaban J connectivity index is 1.49. The van der Waals surface area contributed by atoms with Crippen molar-refractivity contribution in [3.8, 4) is 0 Å². The molecule has 2 nitrogen and oxygen atoms in total. The Morgan fingerprint density at radius 1 is 0.718 bits per heavy atom. The highest BCUT2D eigenvalue weighted by atomic mass is 32.2. The van der Waals surface area contributed by atoms with Gasteiger partial charge < -0.3 is 9.47 Å². The minimum Gasteiger partial charge on any atom is -0.320 e. The first-order valence-electron chi connectivity index (χ1n) is 13.6. The molecule has 1 unspecified atom stereocenters. The highest BCUT2D eigenvalue weighted by Crippen LogP contribution is 2.57. The van der Waals surface area contributed by atoms with Crippen LogP contribution in [0.15, 0.2) is 154 Å². The number of anilines is 2. The van der Waals surface area contributed by atoms with E-state index in [1.165, 1.54) is 59.9 Å². The van der Waals surface area contributed by atoms with Crippen LogP contribution in [0.25, 0.3) is 16.5 Å². The maximum Gasteiger partial charge on any atom is 0.145 e. The summed E-state index contributed by atoms with van der Waals surface area (Å²) in [4.78, 5) is 5.21. The lowest BCUT2D eigenvalue weighted by atomic mass is 9.81. The molecule has 1 aliphatic heterocycles. The molecule has 0 bridgehead atoms. The van der Waals surface area contributed by atoms with Crippen molar-refractivity contribution in [1.29, 1.82) is 0 Å². The van der Waals surface area contributed by atoms with E-state index in [1.807, 2.05) is 11.8 Å². The molecule has 2 heterocycles. The molecule has 0 saturated heterocycles. The highest BCUT2D eigenvalue weighted by molar-refractivity contribution is 7.99. The fourth-order valence-corrected chi connectivity index (χ4v) is 7.79. The number of nitrogens with zero attached hydrogens (tertiary/aromatic N) is 2. The molecule has 0 saturated carbocycles. The molecule has 0 amide bonds. The van der Waals surface area contributed by atoms with Gasteiger partial charge in [-0.05, 0) is 77.9 Å². The molecule has 0 N–H and O–H groups in total. The first kappa shape index (κ1) is 22.7. The third-order valence-electron chi connectivity index (χ3n) is 8.32. The van der Waals surface area contributed by atoms with E-state index in [1.54, 1.807) is 0 Å². The Hall–Kier alpha value is -4.21. The van der Waals surface area contributed by atoms with Gasteiger partial charge in [-0.25, -0.2) is 0 Å². The Morgan fingerprint density at radius 3 is 2.15 bits per heavy atom. The van der Waals surface area contributed by atoms with Gasteiger partial charge in [-0.15, -0.1) is 0 Å². The van der Waals surface area contributed by atoms with Crippen LogP contribution in [-0.2, 0) is 5.66 Å². The number of benzene rings is 4. The number of allylic oxidation sites excluding steroid dienone is 4. The molecule has 39 heavy (non-hydrogen) atoms. The average molecular weight is 521 g/mol. The van der Waals surface area contributed by atoms with E-state index in [-0.39, 0.29) is 0 Å². The number of para-hydroxylation sites is 3. The summed E-state index contributed by atoms with van der Waals surface area (Å²) in [5.41, 5.74) is 10.2. The normalized spacial score (nSPS) is 19.9. The number of rotatable bonds is 3. The summed E-state index contributed by atoms with van der Waals surface area (Å²) >= 11 is 1.87. The summed E-state index contributed by atoms with van der Waals surface area (Å²) in [6.07, 6.45) is 9.22. The third kappa shape index (κ3) is 3.43. The second kappa shape index (κ2) is 8.65. The second-order valence-corrected chi connectivity index (χ2v) is 11.9. The van der Waals surface area contributed by atoms with Crippen molar-refractivity contribution in [3.05, 3.63) is 150 Å². The van der Waals surface area contributed by atoms with Crippen LogP contribution in [0.1, 0.15) is 25.3 Å². The minimum absolute atomic E-state index is 0.473. The molecule has 0 fully saturated rings. The molecule has 188 valence electrons. The maximum atomic E-state index is 2.63. The molecule has 3 heteroatoms. The quantitative estimate of drug-likeness (QED) is 0.234. The molecular formula is C36H28N2S. The predicted octanol–water partition coefficient (Wildman–Crippen LogP) is 9.73. The highest BCUT2D eigenvalue weighted by Gasteiger charge is 2.46. The minimum atomic E-state index is -0.473. The van der Waals surface area contributed by atoms with Gasteiger partial charge >= 0.3 is 0 Å². The lowest BCUT2D eigenvalue weighted by Gasteiger charge is -2.50. The number of hydrogen-bond acceptors (Lipinski definition) is 2. The Morgan fingerprint density at radius 2 is 1.38 bits per heavy atom. The van der Waals surface area contributed by atoms with E-state index in [9.17, 15) is 0 Å². The van der Waals surface area contributed by atoms with Crippen molar-refractivity contribution in [2.75, 3.05) is 4.90 Å². The van der Waals surface area contributed by atoms with Gasteiger partial charge in [0, 0.05) is 22.4 Å². The SMILES string of the molecule is CC1=CC2=C(C1)CC(N1c3ccccc3Sc3ccccc31)(n1ccc3ccccc31)C=C2c1ccccc1. The second-order valence-electron chi connectivity index (χ2n) is 10.8. The molecule has 3 aliphatic rings. The van der Waals surface area contributed by atoms with Gasteiger partial charge in [0.15, 0.2) is 0 Å². The van der Waals surface area contributed by atoms with Gasteiger partial charge in [0.2, 0.25) is 0 Å². The van der Waals surface area contributed by atoms with Gasteiger partial charge in [0.05, 0.1) is 16.9 Å². The summed E-state index contributed by atoms with van der Waals surface area (Å²) < 4.78 is 2.53. The zero-order valence-corrected chi connectivity index (χ0v) is 22.7. The Labute approximate surface area is 233 Å². The molecule has 2 aliphatic carbocycles. The van der Waals surface area contributed by atoms with Crippen LogP contribution in [-0.4, -0.2) is 4.57 Å². The molecule has 0 radical (unpaired) electrons. The Bertz CT molecular complexity index is 1810. The molecule has 1 aromatic heterocycles. The average Bonchev–Trinajstić information content (AvgIpc) is 3.59. The summed E-state index contributed by atoms with van der Waals surface area (Å²) in [5, 5.41) is 1.26. The van der Waals surface area contributed by atoms with Gasteiger partial charge in [-0.1, -0.05) is 102 Å². The van der Waals surface area contributed by atoms with Crippen molar-refractivity contribution < 1.29 is 0 Å². The van der Waals surface area contributed by atoms with Crippen LogP contribution >= 0.6 is 11.8 Å². The van der Waals surface area contributed by atoms with Crippen LogP contribution in [0.4, 0.5) is 11.4 Å². The summed E-state index contributed by atoms with van der Waals surface area (Å²) in [7, 11) is 0. The van der Waals surface area contributed by atoms with E-state index >= 15 is 0 Å². The van der Waals surface area contributed by atoms with Crippen molar-refractivity contribution in [3.63, 3.8) is 0 Å². The largest absolute Gasteiger partial charge is 0.320 e. The van der Waals surface area contributed by atoms with E-state index in [0.717, 1.165) is 12.8 Å². The standard InChI is InChI=1S/C36H28N2S/c1-25-21-28-23-36(37-20-19-27-13-5-6-14-31(27)37,24-30(29(28)22-25)26-11-3-2-4-12-26)38-32-15-7-9-17-34(32)39-35-18-10-8-16-33(35)38/h2-20,22,24H,21,23H2,1H3. The van der Waals surface area contributed by atoms with E-state index in [0.29, 0.717) is 0 Å². The van der Waals surface area contributed by atoms with Crippen LogP contribution in [0.3, 0.4) is 0 Å². The van der Waals surface area contributed by atoms with Crippen LogP contribution in [0, 0.1) is 0 Å². The molecular weight excluding hydrogens is 492 g/mol. The monoisotopic (exact) mass is 520 g/mol. The van der Waals surface area contributed by atoms with Crippen LogP contribution in [0.2, 0.25) is 0 Å². The first-order valence-corrected chi connectivity index (χ1v) is 14.4. The van der Waals surface area contributed by atoms with Gasteiger partial charge in [0.1, 0.15) is 5.66 Å². The van der Waals surface area contributed by atoms with Crippen molar-refractivity contribution in [2.24, 2.45) is 0 Å². The van der Waals surface area contributed by atoms with Gasteiger partial charge in [-0.2, -0.15) is 0 Å². The molecule has 5 aromatic rings. The fourth-order valence-electron chi connectivity index (χ4n) is 6.74. The molecule has 8 rings (SSSR count). The summed E-state index contributed by atoms with van der Waals surface area (Å²) in [6.45, 7) is 2.27.